The van der Waals surface area contributed by atoms with Gasteiger partial charge < -0.3 is 10.1 Å². The molecule has 0 bridgehead atoms. The Morgan fingerprint density at radius 1 is 1.29 bits per heavy atom. The second-order valence-electron chi connectivity index (χ2n) is 6.03. The summed E-state index contributed by atoms with van der Waals surface area (Å²) in [6.45, 7) is 4.21. The summed E-state index contributed by atoms with van der Waals surface area (Å²) in [6, 6.07) is 10.9. The first-order valence-corrected chi connectivity index (χ1v) is 9.35. The maximum atomic E-state index is 11.6. The zero-order valence-electron chi connectivity index (χ0n) is 14.2. The number of hydrogen-bond acceptors (Lipinski definition) is 3. The molecule has 1 aromatic carbocycles. The molecular weight excluding hydrogens is 318 g/mol. The van der Waals surface area contributed by atoms with E-state index in [0.717, 1.165) is 19.3 Å². The molecule has 2 aromatic rings. The predicted octanol–water partition coefficient (Wildman–Crippen LogP) is 4.80. The molecule has 0 spiro atoms. The lowest BCUT2D eigenvalue weighted by Gasteiger charge is -2.14. The van der Waals surface area contributed by atoms with Crippen LogP contribution >= 0.6 is 11.3 Å². The molecule has 1 N–H and O–H groups in total. The van der Waals surface area contributed by atoms with Crippen LogP contribution in [-0.4, -0.2) is 18.7 Å². The third-order valence-corrected chi connectivity index (χ3v) is 5.26. The highest BCUT2D eigenvalue weighted by Crippen LogP contribution is 2.36. The van der Waals surface area contributed by atoms with Gasteiger partial charge >= 0.3 is 6.09 Å². The van der Waals surface area contributed by atoms with Gasteiger partial charge in [-0.25, -0.2) is 4.79 Å². The third-order valence-electron chi connectivity index (χ3n) is 4.28. The molecule has 3 nitrogen and oxygen atoms in total. The van der Waals surface area contributed by atoms with E-state index in [1.54, 1.807) is 0 Å². The Hall–Kier alpha value is -2.07. The minimum absolute atomic E-state index is 0.0362. The van der Waals surface area contributed by atoms with E-state index in [4.69, 9.17) is 4.74 Å². The molecule has 4 heteroatoms. The minimum Gasteiger partial charge on any atom is -0.450 e. The number of aryl methyl sites for hydroxylation is 2. The van der Waals surface area contributed by atoms with Crippen molar-refractivity contribution in [2.24, 2.45) is 0 Å². The Morgan fingerprint density at radius 2 is 2.12 bits per heavy atom. The number of amides is 1. The van der Waals surface area contributed by atoms with Gasteiger partial charge in [0.2, 0.25) is 0 Å². The van der Waals surface area contributed by atoms with E-state index in [0.29, 0.717) is 6.61 Å². The topological polar surface area (TPSA) is 38.3 Å². The van der Waals surface area contributed by atoms with Gasteiger partial charge in [-0.1, -0.05) is 30.3 Å². The van der Waals surface area contributed by atoms with E-state index < -0.39 is 0 Å². The maximum Gasteiger partial charge on any atom is 0.407 e. The van der Waals surface area contributed by atoms with Gasteiger partial charge in [0, 0.05) is 10.9 Å². The number of fused-ring (bicyclic) bond motifs is 2. The average molecular weight is 341 g/mol. The van der Waals surface area contributed by atoms with Crippen molar-refractivity contribution in [3.8, 4) is 0 Å². The molecule has 0 radical (unpaired) electrons. The van der Waals surface area contributed by atoms with E-state index in [1.165, 1.54) is 27.1 Å². The molecule has 1 aromatic heterocycles. The smallest absolute Gasteiger partial charge is 0.407 e. The largest absolute Gasteiger partial charge is 0.450 e. The number of carbonyl (C=O) groups is 1. The second-order valence-corrected chi connectivity index (χ2v) is 7.03. The van der Waals surface area contributed by atoms with E-state index in [1.807, 2.05) is 25.2 Å². The van der Waals surface area contributed by atoms with Crippen molar-refractivity contribution in [1.82, 2.24) is 5.32 Å². The second kappa shape index (κ2) is 7.67. The molecule has 0 saturated carbocycles. The van der Waals surface area contributed by atoms with Crippen LogP contribution in [0.25, 0.3) is 5.57 Å². The summed E-state index contributed by atoms with van der Waals surface area (Å²) in [7, 11) is 0. The van der Waals surface area contributed by atoms with Crippen LogP contribution in [0, 0.1) is 0 Å². The Bertz CT molecular complexity index is 748. The number of rotatable bonds is 4. The van der Waals surface area contributed by atoms with Crippen LogP contribution in [0.2, 0.25) is 0 Å². The van der Waals surface area contributed by atoms with Gasteiger partial charge in [0.05, 0.1) is 6.61 Å². The Balaban J connectivity index is 1.85. The average Bonchev–Trinajstić information content (AvgIpc) is 2.97. The predicted molar refractivity (Wildman–Crippen MR) is 99.5 cm³/mol. The number of thiophene rings is 1. The van der Waals surface area contributed by atoms with Crippen LogP contribution in [0.15, 0.2) is 41.8 Å². The zero-order chi connectivity index (χ0) is 16.9. The highest BCUT2D eigenvalue weighted by molar-refractivity contribution is 7.10. The van der Waals surface area contributed by atoms with Crippen LogP contribution < -0.4 is 5.32 Å². The van der Waals surface area contributed by atoms with Crippen LogP contribution in [-0.2, 0) is 17.6 Å². The summed E-state index contributed by atoms with van der Waals surface area (Å²) >= 11 is 1.83. The summed E-state index contributed by atoms with van der Waals surface area (Å²) in [5.74, 6) is 0. The summed E-state index contributed by atoms with van der Waals surface area (Å²) in [6.07, 6.45) is 4.86. The Kier molecular flexibility index (Phi) is 5.36. The number of hydrogen-bond donors (Lipinski definition) is 1. The molecule has 1 heterocycles. The number of nitrogens with one attached hydrogen (secondary N) is 1. The summed E-state index contributed by atoms with van der Waals surface area (Å²) < 4.78 is 4.96. The van der Waals surface area contributed by atoms with E-state index in [2.05, 4.69) is 47.1 Å². The van der Waals surface area contributed by atoms with Gasteiger partial charge in [0.15, 0.2) is 0 Å². The lowest BCUT2D eigenvalue weighted by atomic mass is 9.94. The molecule has 1 atom stereocenters. The fourth-order valence-corrected chi connectivity index (χ4v) is 4.01. The van der Waals surface area contributed by atoms with Crippen LogP contribution in [0.4, 0.5) is 4.79 Å². The molecule has 1 aliphatic rings. The van der Waals surface area contributed by atoms with Gasteiger partial charge in [-0.05, 0) is 66.8 Å². The van der Waals surface area contributed by atoms with Gasteiger partial charge in [-0.15, -0.1) is 11.3 Å². The van der Waals surface area contributed by atoms with Crippen molar-refractivity contribution < 1.29 is 9.53 Å². The number of alkyl carbamates (subject to hydrolysis) is 1. The third kappa shape index (κ3) is 3.70. The van der Waals surface area contributed by atoms with E-state index in [9.17, 15) is 4.79 Å². The molecule has 1 amide bonds. The fraction of sp³-hybridized carbons (Fsp3) is 0.350. The first-order valence-electron chi connectivity index (χ1n) is 8.47. The molecule has 1 unspecified atom stereocenters. The summed E-state index contributed by atoms with van der Waals surface area (Å²) in [5.41, 5.74) is 5.35. The number of ether oxygens (including phenoxy) is 1. The molecular formula is C20H23NO2S. The minimum atomic E-state index is -0.346. The first-order chi connectivity index (χ1) is 11.7. The van der Waals surface area contributed by atoms with Crippen LogP contribution in [0.3, 0.4) is 0 Å². The number of carbonyl (C=O) groups excluding carboxylic acids is 1. The SMILES string of the molecule is CCOC(=O)NC(C)CC=C1c2ccccc2CCc2sccc21. The number of benzene rings is 1. The molecule has 0 saturated heterocycles. The van der Waals surface area contributed by atoms with Crippen LogP contribution in [0.1, 0.15) is 41.8 Å². The Morgan fingerprint density at radius 3 is 2.96 bits per heavy atom. The normalized spacial score (nSPS) is 16.0. The lowest BCUT2D eigenvalue weighted by molar-refractivity contribution is 0.149. The molecule has 3 rings (SSSR count). The molecule has 0 fully saturated rings. The molecule has 1 aliphatic carbocycles. The van der Waals surface area contributed by atoms with Crippen molar-refractivity contribution >= 4 is 23.0 Å². The van der Waals surface area contributed by atoms with Gasteiger partial charge in [0.25, 0.3) is 0 Å². The van der Waals surface area contributed by atoms with Gasteiger partial charge in [-0.2, -0.15) is 0 Å². The van der Waals surface area contributed by atoms with Crippen molar-refractivity contribution in [3.63, 3.8) is 0 Å². The van der Waals surface area contributed by atoms with Crippen molar-refractivity contribution in [1.29, 1.82) is 0 Å². The van der Waals surface area contributed by atoms with Crippen molar-refractivity contribution in [3.05, 3.63) is 63.4 Å². The van der Waals surface area contributed by atoms with E-state index >= 15 is 0 Å². The standard InChI is InChI=1S/C20H23NO2S/c1-3-23-20(22)21-14(2)8-10-17-16-7-5-4-6-15(16)9-11-19-18(17)12-13-24-19/h4-7,10,12-14H,3,8-9,11H2,1-2H3,(H,21,22). The van der Waals surface area contributed by atoms with E-state index in [-0.39, 0.29) is 12.1 Å². The van der Waals surface area contributed by atoms with Crippen molar-refractivity contribution in [2.45, 2.75) is 39.2 Å². The first kappa shape index (κ1) is 16.8. The van der Waals surface area contributed by atoms with Gasteiger partial charge in [-0.3, -0.25) is 0 Å². The highest BCUT2D eigenvalue weighted by atomic mass is 32.1. The zero-order valence-corrected chi connectivity index (χ0v) is 15.0. The summed E-state index contributed by atoms with van der Waals surface area (Å²) in [4.78, 5) is 13.0. The molecule has 24 heavy (non-hydrogen) atoms. The van der Waals surface area contributed by atoms with Crippen LogP contribution in [0.5, 0.6) is 0 Å². The monoisotopic (exact) mass is 341 g/mol. The summed E-state index contributed by atoms with van der Waals surface area (Å²) in [5, 5.41) is 5.05. The molecule has 126 valence electrons. The van der Waals surface area contributed by atoms with Crippen molar-refractivity contribution in [2.75, 3.05) is 6.61 Å². The fourth-order valence-electron chi connectivity index (χ4n) is 3.12. The Labute approximate surface area is 147 Å². The highest BCUT2D eigenvalue weighted by Gasteiger charge is 2.19. The molecule has 0 aliphatic heterocycles. The lowest BCUT2D eigenvalue weighted by Crippen LogP contribution is -2.32. The van der Waals surface area contributed by atoms with Gasteiger partial charge in [0.1, 0.15) is 0 Å². The maximum absolute atomic E-state index is 11.6. The quantitative estimate of drug-likeness (QED) is 0.867.